The molecule has 0 aliphatic carbocycles. The molecule has 2 N–H and O–H groups in total. The van der Waals surface area contributed by atoms with Gasteiger partial charge < -0.3 is 19.7 Å². The Morgan fingerprint density at radius 1 is 1.21 bits per heavy atom. The van der Waals surface area contributed by atoms with Crippen LogP contribution in [0.15, 0.2) is 77.5 Å². The first-order valence-electron chi connectivity index (χ1n) is 10.7. The summed E-state index contributed by atoms with van der Waals surface area (Å²) in [5.41, 5.74) is 2.29. The molecule has 1 aliphatic heterocycles. The number of aromatic nitrogens is 1. The van der Waals surface area contributed by atoms with Crippen LogP contribution in [0.3, 0.4) is 0 Å². The van der Waals surface area contributed by atoms with Crippen LogP contribution >= 0.6 is 11.3 Å². The number of ketones is 1. The Kier molecular flexibility index (Phi) is 5.67. The van der Waals surface area contributed by atoms with Gasteiger partial charge in [0.15, 0.2) is 5.76 Å². The number of aromatic amines is 1. The smallest absolute Gasteiger partial charge is 0.290 e. The largest absolute Gasteiger partial charge is 0.503 e. The van der Waals surface area contributed by atoms with Crippen LogP contribution in [0.1, 0.15) is 26.8 Å². The van der Waals surface area contributed by atoms with Crippen molar-refractivity contribution >= 4 is 33.9 Å². The van der Waals surface area contributed by atoms with E-state index < -0.39 is 29.3 Å². The number of ether oxygens (including phenoxy) is 1. The van der Waals surface area contributed by atoms with E-state index in [0.29, 0.717) is 22.6 Å². The third kappa shape index (κ3) is 3.76. The Labute approximate surface area is 198 Å². The number of methoxy groups -OCH3 is 1. The summed E-state index contributed by atoms with van der Waals surface area (Å²) in [5.74, 6) is -1.44. The van der Waals surface area contributed by atoms with Crippen LogP contribution in [0.25, 0.3) is 10.9 Å². The first kappa shape index (κ1) is 21.9. The number of fused-ring (bicyclic) bond motifs is 1. The molecular weight excluding hydrogens is 455 g/mol. The van der Waals surface area contributed by atoms with Crippen LogP contribution in [0, 0.1) is 5.82 Å². The lowest BCUT2D eigenvalue weighted by molar-refractivity contribution is -0.129. The minimum absolute atomic E-state index is 0.0290. The highest BCUT2D eigenvalue weighted by atomic mass is 32.1. The lowest BCUT2D eigenvalue weighted by Gasteiger charge is -2.26. The van der Waals surface area contributed by atoms with Gasteiger partial charge in [-0.3, -0.25) is 9.59 Å². The zero-order valence-corrected chi connectivity index (χ0v) is 19.1. The van der Waals surface area contributed by atoms with Gasteiger partial charge in [0.2, 0.25) is 5.78 Å². The van der Waals surface area contributed by atoms with Crippen molar-refractivity contribution in [1.82, 2.24) is 9.88 Å². The molecule has 0 saturated heterocycles. The molecule has 1 amide bonds. The van der Waals surface area contributed by atoms with Gasteiger partial charge in [0.1, 0.15) is 11.6 Å². The van der Waals surface area contributed by atoms with E-state index in [0.717, 1.165) is 16.5 Å². The van der Waals surface area contributed by atoms with Gasteiger partial charge in [0.05, 0.1) is 23.6 Å². The predicted molar refractivity (Wildman–Crippen MR) is 128 cm³/mol. The van der Waals surface area contributed by atoms with Crippen molar-refractivity contribution < 1.29 is 23.8 Å². The highest BCUT2D eigenvalue weighted by molar-refractivity contribution is 7.12. The highest BCUT2D eigenvalue weighted by Gasteiger charge is 2.43. The van der Waals surface area contributed by atoms with Crippen molar-refractivity contribution in [3.63, 3.8) is 0 Å². The molecule has 2 aromatic carbocycles. The second-order valence-corrected chi connectivity index (χ2v) is 8.95. The van der Waals surface area contributed by atoms with Crippen LogP contribution in [-0.2, 0) is 11.2 Å². The van der Waals surface area contributed by atoms with E-state index in [1.165, 1.54) is 34.4 Å². The number of Topliss-reactive ketones (excluding diaryl/α,β-unsaturated/α-hetero) is 1. The summed E-state index contributed by atoms with van der Waals surface area (Å²) in [4.78, 5) is 31.4. The second kappa shape index (κ2) is 8.79. The number of halogens is 1. The molecule has 1 unspecified atom stereocenters. The molecule has 0 fully saturated rings. The Bertz CT molecular complexity index is 1420. The molecule has 4 aromatic rings. The number of rotatable bonds is 7. The number of amides is 1. The topological polar surface area (TPSA) is 82.6 Å². The van der Waals surface area contributed by atoms with E-state index in [1.807, 2.05) is 24.4 Å². The average molecular weight is 477 g/mol. The van der Waals surface area contributed by atoms with Crippen molar-refractivity contribution in [2.45, 2.75) is 12.5 Å². The SMILES string of the molecule is COc1ccc2[nH]cc(CCN3C(=O)C(O)=C(C(=O)c4cccs4)C3c3cccc(F)c3)c2c1. The Morgan fingerprint density at radius 2 is 2.06 bits per heavy atom. The average Bonchev–Trinajstić information content (AvgIpc) is 3.57. The lowest BCUT2D eigenvalue weighted by Crippen LogP contribution is -2.33. The van der Waals surface area contributed by atoms with Crippen molar-refractivity contribution in [2.24, 2.45) is 0 Å². The van der Waals surface area contributed by atoms with Crippen molar-refractivity contribution in [3.05, 3.63) is 99.3 Å². The van der Waals surface area contributed by atoms with E-state index >= 15 is 0 Å². The van der Waals surface area contributed by atoms with Crippen LogP contribution < -0.4 is 4.74 Å². The van der Waals surface area contributed by atoms with Gasteiger partial charge in [-0.2, -0.15) is 0 Å². The van der Waals surface area contributed by atoms with Gasteiger partial charge >= 0.3 is 0 Å². The summed E-state index contributed by atoms with van der Waals surface area (Å²) in [7, 11) is 1.60. The molecule has 0 spiro atoms. The van der Waals surface area contributed by atoms with Gasteiger partial charge in [-0.25, -0.2) is 4.39 Å². The van der Waals surface area contributed by atoms with Gasteiger partial charge in [0.25, 0.3) is 5.91 Å². The maximum Gasteiger partial charge on any atom is 0.290 e. The summed E-state index contributed by atoms with van der Waals surface area (Å²) >= 11 is 1.22. The van der Waals surface area contributed by atoms with E-state index in [4.69, 9.17) is 4.74 Å². The maximum absolute atomic E-state index is 14.1. The number of thiophene rings is 1. The van der Waals surface area contributed by atoms with Gasteiger partial charge in [-0.15, -0.1) is 11.3 Å². The molecule has 1 aliphatic rings. The zero-order chi connectivity index (χ0) is 23.8. The number of carbonyl (C=O) groups is 2. The monoisotopic (exact) mass is 476 g/mol. The van der Waals surface area contributed by atoms with Gasteiger partial charge in [-0.1, -0.05) is 18.2 Å². The molecule has 1 atom stereocenters. The second-order valence-electron chi connectivity index (χ2n) is 8.00. The fraction of sp³-hybridized carbons (Fsp3) is 0.154. The van der Waals surface area contributed by atoms with E-state index in [9.17, 15) is 19.1 Å². The molecule has 34 heavy (non-hydrogen) atoms. The Morgan fingerprint density at radius 3 is 2.79 bits per heavy atom. The van der Waals surface area contributed by atoms with Crippen LogP contribution in [0.2, 0.25) is 0 Å². The number of aliphatic hydroxyl groups is 1. The van der Waals surface area contributed by atoms with Crippen molar-refractivity contribution in [3.8, 4) is 5.75 Å². The standard InChI is InChI=1S/C26H21FN2O4S/c1-33-18-7-8-20-19(13-18)16(14-28-20)9-10-29-23(15-4-2-5-17(27)12-15)22(25(31)26(29)32)24(30)21-6-3-11-34-21/h2-8,11-14,23,28,31H,9-10H2,1H3. The van der Waals surface area contributed by atoms with E-state index in [1.54, 1.807) is 30.7 Å². The van der Waals surface area contributed by atoms with E-state index in [-0.39, 0.29) is 12.1 Å². The third-order valence-corrected chi connectivity index (χ3v) is 6.92. The number of nitrogens with zero attached hydrogens (tertiary/aromatic N) is 1. The van der Waals surface area contributed by atoms with Crippen molar-refractivity contribution in [2.75, 3.05) is 13.7 Å². The minimum Gasteiger partial charge on any atom is -0.503 e. The van der Waals surface area contributed by atoms with Crippen LogP contribution in [0.5, 0.6) is 5.75 Å². The highest BCUT2D eigenvalue weighted by Crippen LogP contribution is 2.40. The summed E-state index contributed by atoms with van der Waals surface area (Å²) < 4.78 is 19.4. The Balaban J connectivity index is 1.51. The molecule has 8 heteroatoms. The molecule has 0 bridgehead atoms. The first-order chi connectivity index (χ1) is 16.5. The number of carbonyl (C=O) groups excluding carboxylic acids is 2. The normalized spacial score (nSPS) is 16.0. The molecule has 172 valence electrons. The number of aliphatic hydroxyl groups excluding tert-OH is 1. The third-order valence-electron chi connectivity index (χ3n) is 6.05. The summed E-state index contributed by atoms with van der Waals surface area (Å²) in [6, 6.07) is 13.9. The minimum atomic E-state index is -0.891. The summed E-state index contributed by atoms with van der Waals surface area (Å²) in [6.45, 7) is 0.218. The fourth-order valence-electron chi connectivity index (χ4n) is 4.41. The fourth-order valence-corrected chi connectivity index (χ4v) is 5.09. The molecule has 0 saturated carbocycles. The molecule has 0 radical (unpaired) electrons. The summed E-state index contributed by atoms with van der Waals surface area (Å²) in [5, 5.41) is 13.5. The molecule has 2 aromatic heterocycles. The lowest BCUT2D eigenvalue weighted by atomic mass is 9.95. The van der Waals surface area contributed by atoms with Crippen molar-refractivity contribution in [1.29, 1.82) is 0 Å². The molecule has 6 nitrogen and oxygen atoms in total. The number of benzene rings is 2. The Hall–Kier alpha value is -3.91. The van der Waals surface area contributed by atoms with Crippen LogP contribution in [-0.4, -0.2) is 40.3 Å². The summed E-state index contributed by atoms with van der Waals surface area (Å²) in [6.07, 6.45) is 2.32. The number of hydrogen-bond donors (Lipinski definition) is 2. The quantitative estimate of drug-likeness (QED) is 0.359. The maximum atomic E-state index is 14.1. The number of H-pyrrole nitrogens is 1. The van der Waals surface area contributed by atoms with Gasteiger partial charge in [0, 0.05) is 23.6 Å². The number of hydrogen-bond acceptors (Lipinski definition) is 5. The van der Waals surface area contributed by atoms with E-state index in [2.05, 4.69) is 4.98 Å². The predicted octanol–water partition coefficient (Wildman–Crippen LogP) is 5.20. The first-order valence-corrected chi connectivity index (χ1v) is 11.6. The molecular formula is C26H21FN2O4S. The van der Waals surface area contributed by atoms with Gasteiger partial charge in [-0.05, 0) is 59.3 Å². The number of nitrogens with one attached hydrogen (secondary N) is 1. The van der Waals surface area contributed by atoms with Crippen LogP contribution in [0.4, 0.5) is 4.39 Å². The molecule has 3 heterocycles. The molecule has 5 rings (SSSR count). The zero-order valence-electron chi connectivity index (χ0n) is 18.2.